The summed E-state index contributed by atoms with van der Waals surface area (Å²) in [6, 6.07) is 2.98. The maximum atomic E-state index is 11.7. The van der Waals surface area contributed by atoms with Crippen molar-refractivity contribution in [3.05, 3.63) is 17.7 Å². The maximum absolute atomic E-state index is 11.7. The van der Waals surface area contributed by atoms with Gasteiger partial charge in [0.25, 0.3) is 0 Å². The molecule has 0 fully saturated rings. The van der Waals surface area contributed by atoms with Gasteiger partial charge in [0.1, 0.15) is 24.5 Å². The van der Waals surface area contributed by atoms with E-state index in [1.165, 1.54) is 18.2 Å². The second-order valence-corrected chi connectivity index (χ2v) is 3.41. The fourth-order valence-corrected chi connectivity index (χ4v) is 1.63. The Morgan fingerprint density at radius 3 is 2.78 bits per heavy atom. The molecule has 1 aliphatic heterocycles. The predicted octanol–water partition coefficient (Wildman–Crippen LogP) is 1.60. The third-order valence-corrected chi connectivity index (χ3v) is 2.33. The van der Waals surface area contributed by atoms with Gasteiger partial charge in [-0.2, -0.15) is 4.99 Å². The van der Waals surface area contributed by atoms with Gasteiger partial charge in [-0.1, -0.05) is 0 Å². The van der Waals surface area contributed by atoms with Gasteiger partial charge in [0, 0.05) is 0 Å². The molecule has 1 heterocycles. The molecule has 94 valence electrons. The lowest BCUT2D eigenvalue weighted by Crippen LogP contribution is -2.18. The van der Waals surface area contributed by atoms with Gasteiger partial charge in [0.2, 0.25) is 6.08 Å². The van der Waals surface area contributed by atoms with E-state index in [0.717, 1.165) is 0 Å². The van der Waals surface area contributed by atoms with E-state index < -0.39 is 5.97 Å². The quantitative estimate of drug-likeness (QED) is 0.462. The monoisotopic (exact) mass is 249 g/mol. The first-order valence-electron chi connectivity index (χ1n) is 5.45. The zero-order valence-electron chi connectivity index (χ0n) is 9.76. The van der Waals surface area contributed by atoms with Gasteiger partial charge in [-0.25, -0.2) is 9.59 Å². The summed E-state index contributed by atoms with van der Waals surface area (Å²) in [5, 5.41) is 0. The van der Waals surface area contributed by atoms with Gasteiger partial charge in [-0.05, 0) is 19.1 Å². The molecule has 0 bridgehead atoms. The molecule has 1 aliphatic rings. The van der Waals surface area contributed by atoms with Gasteiger partial charge in [0.05, 0.1) is 6.61 Å². The van der Waals surface area contributed by atoms with Gasteiger partial charge < -0.3 is 14.2 Å². The SMILES string of the molecule is CCOC(=O)c1ccc(N=C=O)c2c1OCCO2. The lowest BCUT2D eigenvalue weighted by molar-refractivity contribution is 0.0516. The van der Waals surface area contributed by atoms with Gasteiger partial charge in [-0.15, -0.1) is 0 Å². The number of hydrogen-bond acceptors (Lipinski definition) is 6. The molecule has 0 N–H and O–H groups in total. The van der Waals surface area contributed by atoms with E-state index in [-0.39, 0.29) is 29.4 Å². The lowest BCUT2D eigenvalue weighted by atomic mass is 10.1. The molecular weight excluding hydrogens is 238 g/mol. The molecule has 0 aromatic heterocycles. The van der Waals surface area contributed by atoms with Crippen molar-refractivity contribution in [3.63, 3.8) is 0 Å². The minimum atomic E-state index is -0.499. The van der Waals surface area contributed by atoms with Gasteiger partial charge in [-0.3, -0.25) is 0 Å². The van der Waals surface area contributed by atoms with Crippen LogP contribution in [0.1, 0.15) is 17.3 Å². The van der Waals surface area contributed by atoms with Crippen LogP contribution >= 0.6 is 0 Å². The van der Waals surface area contributed by atoms with Crippen LogP contribution in [0.2, 0.25) is 0 Å². The second kappa shape index (κ2) is 5.33. The summed E-state index contributed by atoms with van der Waals surface area (Å²) in [5.74, 6) is 0.0345. The highest BCUT2D eigenvalue weighted by Gasteiger charge is 2.24. The molecule has 18 heavy (non-hydrogen) atoms. The van der Waals surface area contributed by atoms with Crippen molar-refractivity contribution in [2.45, 2.75) is 6.92 Å². The summed E-state index contributed by atoms with van der Waals surface area (Å²) >= 11 is 0. The smallest absolute Gasteiger partial charge is 0.342 e. The van der Waals surface area contributed by atoms with Crippen LogP contribution in [0.3, 0.4) is 0 Å². The Morgan fingerprint density at radius 1 is 1.39 bits per heavy atom. The summed E-state index contributed by atoms with van der Waals surface area (Å²) in [7, 11) is 0. The summed E-state index contributed by atoms with van der Waals surface area (Å²) in [5.41, 5.74) is 0.546. The number of ether oxygens (including phenoxy) is 3. The molecule has 0 amide bonds. The molecule has 0 unspecified atom stereocenters. The van der Waals surface area contributed by atoms with E-state index in [2.05, 4.69) is 4.99 Å². The first-order valence-corrected chi connectivity index (χ1v) is 5.45. The molecule has 0 saturated heterocycles. The fourth-order valence-electron chi connectivity index (χ4n) is 1.63. The normalized spacial score (nSPS) is 12.5. The third kappa shape index (κ3) is 2.19. The Morgan fingerprint density at radius 2 is 2.11 bits per heavy atom. The molecule has 0 saturated carbocycles. The van der Waals surface area contributed by atoms with Crippen LogP contribution in [0.4, 0.5) is 5.69 Å². The van der Waals surface area contributed by atoms with Crippen molar-refractivity contribution < 1.29 is 23.8 Å². The van der Waals surface area contributed by atoms with Crippen LogP contribution in [0.15, 0.2) is 17.1 Å². The Balaban J connectivity index is 2.50. The summed E-state index contributed by atoms with van der Waals surface area (Å²) in [6.07, 6.45) is 1.43. The molecule has 6 heteroatoms. The van der Waals surface area contributed by atoms with E-state index in [0.29, 0.717) is 13.2 Å². The minimum Gasteiger partial charge on any atom is -0.485 e. The molecule has 0 atom stereocenters. The van der Waals surface area contributed by atoms with E-state index in [1.807, 2.05) is 0 Å². The molecule has 0 aliphatic carbocycles. The Bertz CT molecular complexity index is 519. The number of carbonyl (C=O) groups is 1. The van der Waals surface area contributed by atoms with Crippen LogP contribution in [0.5, 0.6) is 11.5 Å². The zero-order chi connectivity index (χ0) is 13.0. The fraction of sp³-hybridized carbons (Fsp3) is 0.333. The van der Waals surface area contributed by atoms with Crippen molar-refractivity contribution >= 4 is 17.7 Å². The number of rotatable bonds is 3. The number of aliphatic imine (C=N–C) groups is 1. The number of fused-ring (bicyclic) bond motifs is 1. The van der Waals surface area contributed by atoms with Crippen LogP contribution in [-0.2, 0) is 9.53 Å². The second-order valence-electron chi connectivity index (χ2n) is 3.41. The third-order valence-electron chi connectivity index (χ3n) is 2.33. The van der Waals surface area contributed by atoms with Gasteiger partial charge in [0.15, 0.2) is 11.5 Å². The largest absolute Gasteiger partial charge is 0.485 e. The Labute approximate surface area is 103 Å². The highest BCUT2D eigenvalue weighted by Crippen LogP contribution is 2.42. The van der Waals surface area contributed by atoms with E-state index >= 15 is 0 Å². The highest BCUT2D eigenvalue weighted by atomic mass is 16.6. The maximum Gasteiger partial charge on any atom is 0.342 e. The van der Waals surface area contributed by atoms with Crippen LogP contribution in [0.25, 0.3) is 0 Å². The highest BCUT2D eigenvalue weighted by molar-refractivity contribution is 5.95. The summed E-state index contributed by atoms with van der Waals surface area (Å²) < 4.78 is 15.7. The van der Waals surface area contributed by atoms with Crippen LogP contribution in [0, 0.1) is 0 Å². The van der Waals surface area contributed by atoms with Crippen molar-refractivity contribution in [2.75, 3.05) is 19.8 Å². The number of carbonyl (C=O) groups excluding carboxylic acids is 2. The standard InChI is InChI=1S/C12H11NO5/c1-2-16-12(15)8-3-4-9(13-7-14)11-10(8)17-5-6-18-11/h3-4H,2,5-6H2,1H3. The number of isocyanates is 1. The van der Waals surface area contributed by atoms with E-state index in [1.54, 1.807) is 6.92 Å². The first kappa shape index (κ1) is 12.1. The van der Waals surface area contributed by atoms with E-state index in [4.69, 9.17) is 14.2 Å². The Kier molecular flexibility index (Phi) is 3.60. The summed E-state index contributed by atoms with van der Waals surface area (Å²) in [6.45, 7) is 2.64. The minimum absolute atomic E-state index is 0.260. The topological polar surface area (TPSA) is 74.2 Å². The molecule has 1 aromatic rings. The molecule has 1 aromatic carbocycles. The molecule has 0 radical (unpaired) electrons. The van der Waals surface area contributed by atoms with E-state index in [9.17, 15) is 9.59 Å². The molecule has 0 spiro atoms. The Hall–Kier alpha value is -2.33. The average molecular weight is 249 g/mol. The average Bonchev–Trinajstić information content (AvgIpc) is 2.39. The van der Waals surface area contributed by atoms with Crippen molar-refractivity contribution in [1.29, 1.82) is 0 Å². The van der Waals surface area contributed by atoms with Crippen LogP contribution in [-0.4, -0.2) is 31.9 Å². The van der Waals surface area contributed by atoms with Crippen LogP contribution < -0.4 is 9.47 Å². The number of benzene rings is 1. The molecular formula is C12H11NO5. The van der Waals surface area contributed by atoms with Crippen molar-refractivity contribution in [2.24, 2.45) is 4.99 Å². The molecule has 6 nitrogen and oxygen atoms in total. The van der Waals surface area contributed by atoms with Crippen molar-refractivity contribution in [3.8, 4) is 11.5 Å². The number of hydrogen-bond donors (Lipinski definition) is 0. The van der Waals surface area contributed by atoms with Crippen molar-refractivity contribution in [1.82, 2.24) is 0 Å². The molecule has 2 rings (SSSR count). The number of esters is 1. The zero-order valence-corrected chi connectivity index (χ0v) is 9.76. The number of nitrogens with zero attached hydrogens (tertiary/aromatic N) is 1. The van der Waals surface area contributed by atoms with Gasteiger partial charge >= 0.3 is 5.97 Å². The first-order chi connectivity index (χ1) is 8.77. The lowest BCUT2D eigenvalue weighted by Gasteiger charge is -2.21. The predicted molar refractivity (Wildman–Crippen MR) is 61.2 cm³/mol. The summed E-state index contributed by atoms with van der Waals surface area (Å²) in [4.78, 5) is 25.5.